The third kappa shape index (κ3) is 3.61. The number of anilines is 2. The molecule has 100 valence electrons. The Bertz CT molecular complexity index is 540. The standard InChI is InChI=1S/C15H19N3O/c1-11(2)19-14-8-5-9-17-15(14)18-10-12-6-3-4-7-13(12)16/h3-9,11H,10,16H2,1-2H3,(H,17,18). The number of hydrogen-bond donors (Lipinski definition) is 2. The van der Waals surface area contributed by atoms with Crippen LogP contribution in [0.3, 0.4) is 0 Å². The minimum Gasteiger partial charge on any atom is -0.487 e. The Morgan fingerprint density at radius 2 is 2.00 bits per heavy atom. The summed E-state index contributed by atoms with van der Waals surface area (Å²) in [6, 6.07) is 11.5. The van der Waals surface area contributed by atoms with Crippen molar-refractivity contribution in [2.75, 3.05) is 11.1 Å². The Kier molecular flexibility index (Phi) is 4.23. The van der Waals surface area contributed by atoms with E-state index in [1.54, 1.807) is 6.20 Å². The molecule has 2 aromatic rings. The maximum Gasteiger partial charge on any atom is 0.169 e. The topological polar surface area (TPSA) is 60.2 Å². The molecule has 0 saturated carbocycles. The molecule has 0 spiro atoms. The Morgan fingerprint density at radius 1 is 1.21 bits per heavy atom. The minimum atomic E-state index is 0.117. The first kappa shape index (κ1) is 13.2. The van der Waals surface area contributed by atoms with Gasteiger partial charge >= 0.3 is 0 Å². The molecule has 1 heterocycles. The predicted molar refractivity (Wildman–Crippen MR) is 78.2 cm³/mol. The zero-order valence-electron chi connectivity index (χ0n) is 11.3. The van der Waals surface area contributed by atoms with Gasteiger partial charge in [0, 0.05) is 18.4 Å². The van der Waals surface area contributed by atoms with Crippen LogP contribution < -0.4 is 15.8 Å². The van der Waals surface area contributed by atoms with Crippen molar-refractivity contribution in [2.24, 2.45) is 0 Å². The van der Waals surface area contributed by atoms with Crippen molar-refractivity contribution >= 4 is 11.5 Å². The Balaban J connectivity index is 2.09. The number of rotatable bonds is 5. The summed E-state index contributed by atoms with van der Waals surface area (Å²) in [5.41, 5.74) is 7.73. The maximum absolute atomic E-state index is 5.91. The van der Waals surface area contributed by atoms with Crippen LogP contribution in [0, 0.1) is 0 Å². The van der Waals surface area contributed by atoms with Crippen molar-refractivity contribution in [3.05, 3.63) is 48.2 Å². The van der Waals surface area contributed by atoms with Crippen LogP contribution in [0.15, 0.2) is 42.6 Å². The summed E-state index contributed by atoms with van der Waals surface area (Å²) in [6.07, 6.45) is 1.86. The molecule has 1 aromatic heterocycles. The van der Waals surface area contributed by atoms with E-state index in [-0.39, 0.29) is 6.10 Å². The number of ether oxygens (including phenoxy) is 1. The molecule has 0 fully saturated rings. The lowest BCUT2D eigenvalue weighted by Crippen LogP contribution is -2.10. The van der Waals surface area contributed by atoms with E-state index >= 15 is 0 Å². The molecule has 0 bridgehead atoms. The van der Waals surface area contributed by atoms with Gasteiger partial charge in [-0.2, -0.15) is 0 Å². The molecule has 0 unspecified atom stereocenters. The van der Waals surface area contributed by atoms with Gasteiger partial charge in [-0.15, -0.1) is 0 Å². The summed E-state index contributed by atoms with van der Waals surface area (Å²) in [5, 5.41) is 3.26. The van der Waals surface area contributed by atoms with Crippen molar-refractivity contribution in [3.8, 4) is 5.75 Å². The van der Waals surface area contributed by atoms with Crippen LogP contribution in [0.1, 0.15) is 19.4 Å². The van der Waals surface area contributed by atoms with Crippen LogP contribution in [0.4, 0.5) is 11.5 Å². The molecule has 1 aromatic carbocycles. The fourth-order valence-corrected chi connectivity index (χ4v) is 1.75. The van der Waals surface area contributed by atoms with Gasteiger partial charge in [-0.05, 0) is 37.6 Å². The lowest BCUT2D eigenvalue weighted by molar-refractivity contribution is 0.243. The van der Waals surface area contributed by atoms with E-state index in [0.29, 0.717) is 6.54 Å². The van der Waals surface area contributed by atoms with Crippen molar-refractivity contribution < 1.29 is 4.74 Å². The number of hydrogen-bond acceptors (Lipinski definition) is 4. The lowest BCUT2D eigenvalue weighted by atomic mass is 10.2. The van der Waals surface area contributed by atoms with E-state index in [4.69, 9.17) is 10.5 Å². The number of aromatic nitrogens is 1. The molecule has 0 aliphatic rings. The number of nitrogen functional groups attached to an aromatic ring is 1. The molecule has 0 amide bonds. The average Bonchev–Trinajstić information content (AvgIpc) is 2.39. The van der Waals surface area contributed by atoms with Gasteiger partial charge in [0.2, 0.25) is 0 Å². The molecule has 0 aliphatic heterocycles. The summed E-state index contributed by atoms with van der Waals surface area (Å²) >= 11 is 0. The second-order valence-electron chi connectivity index (χ2n) is 4.57. The number of nitrogens with one attached hydrogen (secondary N) is 1. The quantitative estimate of drug-likeness (QED) is 0.808. The van der Waals surface area contributed by atoms with Gasteiger partial charge in [-0.3, -0.25) is 0 Å². The zero-order chi connectivity index (χ0) is 13.7. The van der Waals surface area contributed by atoms with Gasteiger partial charge < -0.3 is 15.8 Å². The zero-order valence-corrected chi connectivity index (χ0v) is 11.3. The average molecular weight is 257 g/mol. The molecule has 19 heavy (non-hydrogen) atoms. The molecule has 3 N–H and O–H groups in total. The third-order valence-electron chi connectivity index (χ3n) is 2.63. The number of nitrogens with two attached hydrogens (primary N) is 1. The summed E-state index contributed by atoms with van der Waals surface area (Å²) < 4.78 is 5.71. The van der Waals surface area contributed by atoms with Crippen LogP contribution >= 0.6 is 0 Å². The van der Waals surface area contributed by atoms with Crippen LogP contribution in [-0.2, 0) is 6.54 Å². The van der Waals surface area contributed by atoms with Crippen LogP contribution in [0.5, 0.6) is 5.75 Å². The Morgan fingerprint density at radius 3 is 2.74 bits per heavy atom. The van der Waals surface area contributed by atoms with E-state index < -0.39 is 0 Å². The molecule has 4 nitrogen and oxygen atoms in total. The molecule has 4 heteroatoms. The second-order valence-corrected chi connectivity index (χ2v) is 4.57. The third-order valence-corrected chi connectivity index (χ3v) is 2.63. The second kappa shape index (κ2) is 6.09. The van der Waals surface area contributed by atoms with E-state index in [1.165, 1.54) is 0 Å². The number of pyridine rings is 1. The van der Waals surface area contributed by atoms with E-state index in [9.17, 15) is 0 Å². The molecular formula is C15H19N3O. The largest absolute Gasteiger partial charge is 0.487 e. The monoisotopic (exact) mass is 257 g/mol. The van der Waals surface area contributed by atoms with Crippen molar-refractivity contribution in [1.29, 1.82) is 0 Å². The fraction of sp³-hybridized carbons (Fsp3) is 0.267. The van der Waals surface area contributed by atoms with E-state index in [1.807, 2.05) is 50.2 Å². The smallest absolute Gasteiger partial charge is 0.169 e. The maximum atomic E-state index is 5.91. The van der Waals surface area contributed by atoms with E-state index in [0.717, 1.165) is 22.8 Å². The lowest BCUT2D eigenvalue weighted by Gasteiger charge is -2.14. The Labute approximate surface area is 113 Å². The highest BCUT2D eigenvalue weighted by atomic mass is 16.5. The number of nitrogens with zero attached hydrogens (tertiary/aromatic N) is 1. The number of benzene rings is 1. The molecule has 0 radical (unpaired) electrons. The summed E-state index contributed by atoms with van der Waals surface area (Å²) in [4.78, 5) is 4.30. The predicted octanol–water partition coefficient (Wildman–Crippen LogP) is 3.06. The highest BCUT2D eigenvalue weighted by molar-refractivity contribution is 5.53. The van der Waals surface area contributed by atoms with Gasteiger partial charge in [0.25, 0.3) is 0 Å². The summed E-state index contributed by atoms with van der Waals surface area (Å²) in [7, 11) is 0. The normalized spacial score (nSPS) is 10.5. The highest BCUT2D eigenvalue weighted by Gasteiger charge is 2.06. The Hall–Kier alpha value is -2.23. The molecular weight excluding hydrogens is 238 g/mol. The highest BCUT2D eigenvalue weighted by Crippen LogP contribution is 2.23. The summed E-state index contributed by atoms with van der Waals surface area (Å²) in [6.45, 7) is 4.61. The first-order chi connectivity index (χ1) is 9.16. The van der Waals surface area contributed by atoms with Gasteiger partial charge in [0.15, 0.2) is 11.6 Å². The van der Waals surface area contributed by atoms with Crippen LogP contribution in [0.2, 0.25) is 0 Å². The fourth-order valence-electron chi connectivity index (χ4n) is 1.75. The van der Waals surface area contributed by atoms with Gasteiger partial charge in [-0.25, -0.2) is 4.98 Å². The van der Waals surface area contributed by atoms with Gasteiger partial charge in [0.1, 0.15) is 0 Å². The SMILES string of the molecule is CC(C)Oc1cccnc1NCc1ccccc1N. The first-order valence-electron chi connectivity index (χ1n) is 6.35. The van der Waals surface area contributed by atoms with Gasteiger partial charge in [0.05, 0.1) is 6.10 Å². The molecule has 0 atom stereocenters. The van der Waals surface area contributed by atoms with Crippen molar-refractivity contribution in [2.45, 2.75) is 26.5 Å². The number of para-hydroxylation sites is 1. The van der Waals surface area contributed by atoms with Gasteiger partial charge in [-0.1, -0.05) is 18.2 Å². The van der Waals surface area contributed by atoms with Crippen LogP contribution in [0.25, 0.3) is 0 Å². The molecule has 0 saturated heterocycles. The van der Waals surface area contributed by atoms with Crippen LogP contribution in [-0.4, -0.2) is 11.1 Å². The summed E-state index contributed by atoms with van der Waals surface area (Å²) in [5.74, 6) is 1.49. The van der Waals surface area contributed by atoms with Crippen molar-refractivity contribution in [1.82, 2.24) is 4.98 Å². The molecule has 2 rings (SSSR count). The molecule has 0 aliphatic carbocycles. The van der Waals surface area contributed by atoms with Crippen molar-refractivity contribution in [3.63, 3.8) is 0 Å². The van der Waals surface area contributed by atoms with E-state index in [2.05, 4.69) is 10.3 Å². The first-order valence-corrected chi connectivity index (χ1v) is 6.35. The minimum absolute atomic E-state index is 0.117.